The molecule has 0 fully saturated rings. The van der Waals surface area contributed by atoms with Gasteiger partial charge < -0.3 is 0 Å². The van der Waals surface area contributed by atoms with Crippen LogP contribution < -0.4 is 5.30 Å². The molecule has 0 heterocycles. The molecule has 0 bridgehead atoms. The fourth-order valence-corrected chi connectivity index (χ4v) is 2.75. The first kappa shape index (κ1) is 16.7. The molecule has 0 aliphatic heterocycles. The Morgan fingerprint density at radius 2 is 1.00 bits per heavy atom. The van der Waals surface area contributed by atoms with E-state index in [4.69, 9.17) is 0 Å². The Labute approximate surface area is 135 Å². The molecule has 0 N–H and O–H groups in total. The molecule has 0 nitrogen and oxygen atoms in total. The first-order valence-corrected chi connectivity index (χ1v) is 8.14. The van der Waals surface area contributed by atoms with Crippen molar-refractivity contribution in [1.82, 2.24) is 0 Å². The van der Waals surface area contributed by atoms with Crippen molar-refractivity contribution in [2.24, 2.45) is 0 Å². The van der Waals surface area contributed by atoms with Crippen LogP contribution in [0.3, 0.4) is 0 Å². The molecule has 0 saturated carbocycles. The van der Waals surface area contributed by atoms with Crippen LogP contribution in [0.15, 0.2) is 88.7 Å². The molecule has 22 heavy (non-hydrogen) atoms. The van der Waals surface area contributed by atoms with Crippen LogP contribution in [0.2, 0.25) is 0 Å². The average molecular weight is 333 g/mol. The van der Waals surface area contributed by atoms with E-state index < -0.39 is 0 Å². The molecule has 0 saturated heterocycles. The molecule has 3 aromatic carbocycles. The van der Waals surface area contributed by atoms with E-state index in [1.54, 1.807) is 24.3 Å². The van der Waals surface area contributed by atoms with Gasteiger partial charge in [0.25, 0.3) is 0 Å². The van der Waals surface area contributed by atoms with Crippen molar-refractivity contribution in [1.29, 1.82) is 0 Å². The quantitative estimate of drug-likeness (QED) is 0.371. The van der Waals surface area contributed by atoms with Crippen LogP contribution in [0.4, 0.5) is 8.78 Å². The van der Waals surface area contributed by atoms with Crippen molar-refractivity contribution in [2.75, 3.05) is 0 Å². The number of hydrogen-bond donors (Lipinski definition) is 0. The van der Waals surface area contributed by atoms with Crippen LogP contribution in [-0.2, 0) is 11.8 Å². The Balaban J connectivity index is 0.000000211. The molecule has 112 valence electrons. The van der Waals surface area contributed by atoms with Crippen LogP contribution in [-0.4, -0.2) is 0 Å². The lowest BCUT2D eigenvalue weighted by Gasteiger charge is -1.92. The van der Waals surface area contributed by atoms with E-state index in [0.29, 0.717) is 0 Å². The van der Waals surface area contributed by atoms with Crippen LogP contribution in [0.5, 0.6) is 0 Å². The van der Waals surface area contributed by atoms with Gasteiger partial charge in [0, 0.05) is 11.8 Å². The summed E-state index contributed by atoms with van der Waals surface area (Å²) in [4.78, 5) is 1.98. The van der Waals surface area contributed by atoms with E-state index in [0.717, 1.165) is 21.6 Å². The van der Waals surface area contributed by atoms with Crippen LogP contribution in [0.25, 0.3) is 0 Å². The van der Waals surface area contributed by atoms with Gasteiger partial charge in [0.15, 0.2) is 9.79 Å². The van der Waals surface area contributed by atoms with E-state index in [1.807, 2.05) is 30.3 Å². The fourth-order valence-electron chi connectivity index (χ4n) is 1.63. The summed E-state index contributed by atoms with van der Waals surface area (Å²) >= 11 is 0.954. The van der Waals surface area contributed by atoms with Crippen LogP contribution in [0, 0.1) is 11.6 Å². The zero-order chi connectivity index (χ0) is 15.8. The Kier molecular flexibility index (Phi) is 6.57. The van der Waals surface area contributed by atoms with Gasteiger partial charge in [0.05, 0.1) is 0 Å². The number of hydrogen-bond acceptors (Lipinski definition) is 0. The molecule has 0 radical (unpaired) electrons. The molecule has 0 spiro atoms. The van der Waals surface area contributed by atoms with Gasteiger partial charge in [-0.3, -0.25) is 0 Å². The van der Waals surface area contributed by atoms with Crippen molar-refractivity contribution >= 4 is 26.3 Å². The highest BCUT2D eigenvalue weighted by Gasteiger charge is 2.06. The topological polar surface area (TPSA) is 0 Å². The van der Waals surface area contributed by atoms with E-state index >= 15 is 0 Å². The van der Waals surface area contributed by atoms with Crippen molar-refractivity contribution in [2.45, 2.75) is 9.79 Å². The van der Waals surface area contributed by atoms with Crippen LogP contribution in [0.1, 0.15) is 0 Å². The normalized spacial score (nSPS) is 9.77. The van der Waals surface area contributed by atoms with Crippen molar-refractivity contribution in [3.63, 3.8) is 0 Å². The second kappa shape index (κ2) is 8.67. The van der Waals surface area contributed by atoms with Crippen LogP contribution >= 0.6 is 9.24 Å². The minimum Gasteiger partial charge on any atom is -0.207 e. The maximum atomic E-state index is 12.6. The summed E-state index contributed by atoms with van der Waals surface area (Å²) in [7, 11) is 2.63. The molecule has 0 aliphatic carbocycles. The molecular weight excluding hydrogens is 317 g/mol. The molecule has 3 rings (SSSR count). The maximum Gasteiger partial charge on any atom is 0.158 e. The van der Waals surface area contributed by atoms with Gasteiger partial charge in [0.2, 0.25) is 0 Å². The highest BCUT2D eigenvalue weighted by Crippen LogP contribution is 2.13. The third-order valence-corrected chi connectivity index (χ3v) is 4.21. The van der Waals surface area contributed by atoms with Gasteiger partial charge in [-0.15, -0.1) is 9.24 Å². The predicted octanol–water partition coefficient (Wildman–Crippen LogP) is 4.38. The number of benzene rings is 3. The first-order chi connectivity index (χ1) is 10.6. The summed E-state index contributed by atoms with van der Waals surface area (Å²) in [5, 5.41) is 1.24. The Bertz CT molecular complexity index is 639. The van der Waals surface area contributed by atoms with Gasteiger partial charge >= 0.3 is 0 Å². The van der Waals surface area contributed by atoms with Gasteiger partial charge in [-0.1, -0.05) is 30.3 Å². The Hall–Kier alpha value is -1.70. The summed E-state index contributed by atoms with van der Waals surface area (Å²) in [6.45, 7) is 0. The zero-order valence-electron chi connectivity index (χ0n) is 11.8. The second-order valence-electron chi connectivity index (χ2n) is 4.48. The first-order valence-electron chi connectivity index (χ1n) is 6.67. The number of halogens is 2. The van der Waals surface area contributed by atoms with E-state index in [1.165, 1.54) is 29.6 Å². The summed E-state index contributed by atoms with van der Waals surface area (Å²) in [6, 6.07) is 22.7. The average Bonchev–Trinajstić information content (AvgIpc) is 2.53. The highest BCUT2D eigenvalue weighted by molar-refractivity contribution is 7.78. The van der Waals surface area contributed by atoms with Gasteiger partial charge in [-0.25, -0.2) is 8.78 Å². The third-order valence-electron chi connectivity index (χ3n) is 2.71. The summed E-state index contributed by atoms with van der Waals surface area (Å²) in [5.41, 5.74) is 0. The minimum absolute atomic E-state index is 0.243. The smallest absolute Gasteiger partial charge is 0.158 e. The largest absolute Gasteiger partial charge is 0.207 e. The van der Waals surface area contributed by atoms with E-state index in [2.05, 4.69) is 9.24 Å². The number of thiol groups is 1. The predicted molar refractivity (Wildman–Crippen MR) is 93.9 cm³/mol. The molecule has 4 heteroatoms. The maximum absolute atomic E-state index is 12.6. The molecule has 1 unspecified atom stereocenters. The van der Waals surface area contributed by atoms with Gasteiger partial charge in [0.1, 0.15) is 11.6 Å². The Morgan fingerprint density at radius 3 is 1.32 bits per heavy atom. The summed E-state index contributed by atoms with van der Waals surface area (Å²) in [5.74, 6) is -0.485. The van der Waals surface area contributed by atoms with Crippen molar-refractivity contribution in [3.05, 3.63) is 90.5 Å². The molecule has 0 aromatic heterocycles. The van der Waals surface area contributed by atoms with Crippen molar-refractivity contribution in [3.8, 4) is 0 Å². The summed E-state index contributed by atoms with van der Waals surface area (Å²) in [6.07, 6.45) is 0. The van der Waals surface area contributed by atoms with E-state index in [9.17, 15) is 8.78 Å². The van der Waals surface area contributed by atoms with Crippen molar-refractivity contribution < 1.29 is 8.78 Å². The second-order valence-corrected chi connectivity index (χ2v) is 6.40. The molecule has 0 aliphatic rings. The van der Waals surface area contributed by atoms with Gasteiger partial charge in [-0.05, 0) is 53.8 Å². The summed E-state index contributed by atoms with van der Waals surface area (Å²) < 4.78 is 25.3. The SMILES string of the molecule is Fc1ccc([SH+]c2ccc(F)cc2)cc1.Pc1ccccc1. The third kappa shape index (κ3) is 5.97. The highest BCUT2D eigenvalue weighted by atomic mass is 32.2. The molecular formula is C18H16F2PS+. The lowest BCUT2D eigenvalue weighted by Crippen LogP contribution is -1.85. The lowest BCUT2D eigenvalue weighted by molar-refractivity contribution is 0.626. The Morgan fingerprint density at radius 1 is 0.591 bits per heavy atom. The minimum atomic E-state index is -0.243. The number of rotatable bonds is 2. The molecule has 3 aromatic rings. The molecule has 0 amide bonds. The molecule has 1 atom stereocenters. The standard InChI is InChI=1S/C12H8F2S.C6H7P/c13-9-1-5-11(6-2-9)15-12-7-3-10(14)4-8-12;7-6-4-2-1-3-5-6/h1-8H;1-5H,7H2/p+1. The fraction of sp³-hybridized carbons (Fsp3) is 0. The zero-order valence-corrected chi connectivity index (χ0v) is 13.8. The monoisotopic (exact) mass is 333 g/mol. The van der Waals surface area contributed by atoms with E-state index in [-0.39, 0.29) is 11.6 Å². The van der Waals surface area contributed by atoms with Gasteiger partial charge in [-0.2, -0.15) is 0 Å². The lowest BCUT2D eigenvalue weighted by atomic mass is 10.3.